The van der Waals surface area contributed by atoms with E-state index in [1.165, 1.54) is 22.3 Å². The number of hydrogen-bond donors (Lipinski definition) is 0. The fourth-order valence-corrected chi connectivity index (χ4v) is 6.74. The van der Waals surface area contributed by atoms with E-state index in [-0.39, 0.29) is 18.1 Å². The van der Waals surface area contributed by atoms with E-state index in [1.54, 1.807) is 0 Å². The van der Waals surface area contributed by atoms with E-state index in [9.17, 15) is 0 Å². The lowest BCUT2D eigenvalue weighted by Gasteiger charge is -2.31. The largest absolute Gasteiger partial charge is 0.490 e. The Kier molecular flexibility index (Phi) is 11.1. The zero-order chi connectivity index (χ0) is 36.8. The second-order valence-corrected chi connectivity index (χ2v) is 13.8. The van der Waals surface area contributed by atoms with E-state index < -0.39 is 0 Å². The number of benzene rings is 6. The summed E-state index contributed by atoms with van der Waals surface area (Å²) in [6.07, 6.45) is 3.35. The molecule has 2 unspecified atom stereocenters. The second-order valence-electron chi connectivity index (χ2n) is 13.8. The Labute approximate surface area is 310 Å². The lowest BCUT2D eigenvalue weighted by molar-refractivity contribution is 0.101. The van der Waals surface area contributed by atoms with Gasteiger partial charge in [-0.05, 0) is 152 Å². The van der Waals surface area contributed by atoms with E-state index in [4.69, 9.17) is 9.47 Å². The quantitative estimate of drug-likeness (QED) is 0.121. The van der Waals surface area contributed by atoms with Crippen molar-refractivity contribution in [3.05, 3.63) is 186 Å². The number of anilines is 3. The molecule has 6 aromatic carbocycles. The third-order valence-corrected chi connectivity index (χ3v) is 10.1. The predicted octanol–water partition coefficient (Wildman–Crippen LogP) is 13.4. The maximum atomic E-state index is 6.54. The summed E-state index contributed by atoms with van der Waals surface area (Å²) in [7, 11) is 0. The topological polar surface area (TPSA) is 21.7 Å². The monoisotopic (exact) mass is 683 g/mol. The molecular formula is C49H49NO2. The van der Waals surface area contributed by atoms with Gasteiger partial charge in [-0.3, -0.25) is 0 Å². The minimum absolute atomic E-state index is 0.0425. The Bertz CT molecular complexity index is 2020. The molecule has 0 aliphatic heterocycles. The molecule has 0 heterocycles. The molecule has 0 saturated carbocycles. The van der Waals surface area contributed by atoms with Crippen LogP contribution in [0.3, 0.4) is 0 Å². The highest BCUT2D eigenvalue weighted by Crippen LogP contribution is 2.38. The maximum Gasteiger partial charge on any atom is 0.119 e. The van der Waals surface area contributed by atoms with Crippen LogP contribution in [0.1, 0.15) is 58.7 Å². The fraction of sp³-hybridized carbons (Fsp3) is 0.184. The van der Waals surface area contributed by atoms with Crippen LogP contribution in [0.5, 0.6) is 11.5 Å². The Hall–Kier alpha value is -5.80. The highest BCUT2D eigenvalue weighted by molar-refractivity contribution is 5.79. The van der Waals surface area contributed by atoms with Gasteiger partial charge in [0.1, 0.15) is 23.7 Å². The average molecular weight is 684 g/mol. The van der Waals surface area contributed by atoms with Crippen LogP contribution in [0.4, 0.5) is 17.1 Å². The third-order valence-electron chi connectivity index (χ3n) is 10.1. The summed E-state index contributed by atoms with van der Waals surface area (Å²) in [5.74, 6) is 1.59. The molecule has 6 rings (SSSR count). The standard InChI is InChI=1S/C49H49NO2/c1-9-39-13-27-47(28-14-39)51-37(7)49(38(8)52-48-29-15-40(10-2)16-30-48)43-19-17-41(18-20-43)42-21-25-44(26-22-42)50(45-23-11-33(3)35(5)31-45)46-24-12-34(4)36(6)32-46/h9-32,37-38,49H,1-2H2,3-8H3. The second kappa shape index (κ2) is 16.0. The van der Waals surface area contributed by atoms with Crippen molar-refractivity contribution in [2.45, 2.75) is 59.7 Å². The van der Waals surface area contributed by atoms with Crippen LogP contribution in [0.15, 0.2) is 147 Å². The fourth-order valence-electron chi connectivity index (χ4n) is 6.74. The summed E-state index contributed by atoms with van der Waals surface area (Å²) >= 11 is 0. The van der Waals surface area contributed by atoms with E-state index in [1.807, 2.05) is 60.7 Å². The van der Waals surface area contributed by atoms with E-state index in [2.05, 4.69) is 145 Å². The number of ether oxygens (including phenoxy) is 2. The van der Waals surface area contributed by atoms with Crippen LogP contribution in [0.2, 0.25) is 0 Å². The highest BCUT2D eigenvalue weighted by atomic mass is 16.5. The first-order valence-corrected chi connectivity index (χ1v) is 18.1. The zero-order valence-corrected chi connectivity index (χ0v) is 31.3. The zero-order valence-electron chi connectivity index (χ0n) is 31.3. The average Bonchev–Trinajstić information content (AvgIpc) is 3.16. The van der Waals surface area contributed by atoms with E-state index in [0.717, 1.165) is 56.4 Å². The minimum Gasteiger partial charge on any atom is -0.490 e. The van der Waals surface area contributed by atoms with Crippen molar-refractivity contribution < 1.29 is 9.47 Å². The van der Waals surface area contributed by atoms with Gasteiger partial charge in [0.2, 0.25) is 0 Å². The summed E-state index contributed by atoms with van der Waals surface area (Å²) in [4.78, 5) is 2.34. The van der Waals surface area contributed by atoms with Crippen LogP contribution in [0, 0.1) is 27.7 Å². The van der Waals surface area contributed by atoms with Crippen molar-refractivity contribution in [1.82, 2.24) is 0 Å². The lowest BCUT2D eigenvalue weighted by atomic mass is 9.88. The van der Waals surface area contributed by atoms with Gasteiger partial charge in [0.05, 0.1) is 5.92 Å². The summed E-state index contributed by atoms with van der Waals surface area (Å²) in [6, 6.07) is 47.2. The number of aryl methyl sites for hydroxylation is 4. The van der Waals surface area contributed by atoms with Gasteiger partial charge in [-0.15, -0.1) is 0 Å². The van der Waals surface area contributed by atoms with Gasteiger partial charge in [0, 0.05) is 17.1 Å². The Balaban J connectivity index is 1.28. The highest BCUT2D eigenvalue weighted by Gasteiger charge is 2.29. The van der Waals surface area contributed by atoms with Crippen molar-refractivity contribution in [2.75, 3.05) is 4.90 Å². The van der Waals surface area contributed by atoms with Crippen LogP contribution in [-0.4, -0.2) is 12.2 Å². The van der Waals surface area contributed by atoms with Crippen molar-refractivity contribution in [3.63, 3.8) is 0 Å². The molecule has 0 spiro atoms. The van der Waals surface area contributed by atoms with Crippen LogP contribution in [-0.2, 0) is 0 Å². The molecule has 0 saturated heterocycles. The van der Waals surface area contributed by atoms with Gasteiger partial charge in [0.25, 0.3) is 0 Å². The van der Waals surface area contributed by atoms with Gasteiger partial charge < -0.3 is 14.4 Å². The molecule has 0 aromatic heterocycles. The molecule has 0 aliphatic carbocycles. The predicted molar refractivity (Wildman–Crippen MR) is 221 cm³/mol. The molecular weight excluding hydrogens is 635 g/mol. The van der Waals surface area contributed by atoms with Crippen molar-refractivity contribution in [3.8, 4) is 22.6 Å². The van der Waals surface area contributed by atoms with Crippen molar-refractivity contribution in [2.24, 2.45) is 0 Å². The number of rotatable bonds is 13. The molecule has 2 atom stereocenters. The molecule has 6 aromatic rings. The summed E-state index contributed by atoms with van der Waals surface area (Å²) < 4.78 is 13.1. The lowest BCUT2D eigenvalue weighted by Crippen LogP contribution is -2.33. The Morgan fingerprint density at radius 2 is 0.846 bits per heavy atom. The molecule has 52 heavy (non-hydrogen) atoms. The Morgan fingerprint density at radius 1 is 0.462 bits per heavy atom. The molecule has 0 N–H and O–H groups in total. The first-order valence-electron chi connectivity index (χ1n) is 18.1. The first-order chi connectivity index (χ1) is 25.1. The minimum atomic E-state index is -0.163. The first kappa shape index (κ1) is 36.0. The van der Waals surface area contributed by atoms with Crippen LogP contribution in [0.25, 0.3) is 23.3 Å². The SMILES string of the molecule is C=Cc1ccc(OC(C)C(c2ccc(-c3ccc(N(c4ccc(C)c(C)c4)c4ccc(C)c(C)c4)cc3)cc2)C(C)Oc2ccc(C=C)cc2)cc1. The smallest absolute Gasteiger partial charge is 0.119 e. The van der Waals surface area contributed by atoms with E-state index in [0.29, 0.717) is 0 Å². The molecule has 0 bridgehead atoms. The van der Waals surface area contributed by atoms with Crippen molar-refractivity contribution in [1.29, 1.82) is 0 Å². The van der Waals surface area contributed by atoms with Gasteiger partial charge in [-0.2, -0.15) is 0 Å². The summed E-state index contributed by atoms with van der Waals surface area (Å²) in [6.45, 7) is 20.7. The van der Waals surface area contributed by atoms with Gasteiger partial charge in [-0.1, -0.05) is 98.1 Å². The number of hydrogen-bond acceptors (Lipinski definition) is 3. The van der Waals surface area contributed by atoms with E-state index >= 15 is 0 Å². The van der Waals surface area contributed by atoms with Crippen LogP contribution < -0.4 is 14.4 Å². The summed E-state index contributed by atoms with van der Waals surface area (Å²) in [5.41, 5.74) is 14.1. The Morgan fingerprint density at radius 3 is 1.23 bits per heavy atom. The van der Waals surface area contributed by atoms with Gasteiger partial charge in [-0.25, -0.2) is 0 Å². The van der Waals surface area contributed by atoms with Crippen molar-refractivity contribution >= 4 is 29.2 Å². The van der Waals surface area contributed by atoms with Crippen LogP contribution >= 0.6 is 0 Å². The molecule has 0 radical (unpaired) electrons. The van der Waals surface area contributed by atoms with Gasteiger partial charge in [0.15, 0.2) is 0 Å². The molecule has 3 nitrogen and oxygen atoms in total. The number of nitrogens with zero attached hydrogens (tertiary/aromatic N) is 1. The summed E-state index contributed by atoms with van der Waals surface area (Å²) in [5, 5.41) is 0. The molecule has 0 aliphatic rings. The van der Waals surface area contributed by atoms with Gasteiger partial charge >= 0.3 is 0 Å². The molecule has 0 fully saturated rings. The normalized spacial score (nSPS) is 12.7. The maximum absolute atomic E-state index is 6.54. The molecule has 0 amide bonds. The molecule has 262 valence electrons. The third kappa shape index (κ3) is 8.22. The molecule has 3 heteroatoms.